The number of rotatable bonds is 2. The molecule has 1 N–H and O–H groups in total. The molecule has 2 aromatic rings. The number of pyridine rings is 1. The summed E-state index contributed by atoms with van der Waals surface area (Å²) in [4.78, 5) is 16.2. The van der Waals surface area contributed by atoms with Crippen molar-refractivity contribution in [2.75, 3.05) is 5.32 Å². The third kappa shape index (κ3) is 2.36. The second kappa shape index (κ2) is 4.84. The Balaban J connectivity index is 1.83. The molecule has 0 aliphatic heterocycles. The average Bonchev–Trinajstić information content (AvgIpc) is 2.82. The smallest absolute Gasteiger partial charge is 0.278 e. The maximum atomic E-state index is 12.2. The Labute approximate surface area is 111 Å². The molecule has 0 bridgehead atoms. The minimum absolute atomic E-state index is 0.230. The first-order valence-corrected chi connectivity index (χ1v) is 6.43. The van der Waals surface area contributed by atoms with Gasteiger partial charge in [-0.15, -0.1) is 0 Å². The lowest BCUT2D eigenvalue weighted by atomic mass is 9.88. The summed E-state index contributed by atoms with van der Waals surface area (Å²) < 4.78 is 5.27. The third-order valence-corrected chi connectivity index (χ3v) is 3.42. The molecule has 1 aliphatic rings. The Morgan fingerprint density at radius 2 is 2.42 bits per heavy atom. The predicted molar refractivity (Wildman–Crippen MR) is 69.9 cm³/mol. The summed E-state index contributed by atoms with van der Waals surface area (Å²) in [6.45, 7) is 2.18. The molecule has 2 aromatic heterocycles. The molecule has 0 fully saturated rings. The predicted octanol–water partition coefficient (Wildman–Crippen LogP) is 2.45. The summed E-state index contributed by atoms with van der Waals surface area (Å²) >= 11 is 0. The number of aromatic nitrogens is 2. The van der Waals surface area contributed by atoms with E-state index in [0.29, 0.717) is 17.3 Å². The summed E-state index contributed by atoms with van der Waals surface area (Å²) in [6.07, 6.45) is 6.08. The van der Waals surface area contributed by atoms with Crippen LogP contribution < -0.4 is 5.32 Å². The molecular formula is C14H15N3O2. The van der Waals surface area contributed by atoms with Crippen molar-refractivity contribution in [1.29, 1.82) is 0 Å². The zero-order valence-corrected chi connectivity index (χ0v) is 10.7. The Kier molecular flexibility index (Phi) is 3.03. The van der Waals surface area contributed by atoms with Crippen LogP contribution in [-0.4, -0.2) is 16.0 Å². The molecule has 1 unspecified atom stereocenters. The number of hydrogen-bond acceptors (Lipinski definition) is 4. The fraction of sp³-hybridized carbons (Fsp3) is 0.357. The fourth-order valence-electron chi connectivity index (χ4n) is 2.38. The lowest BCUT2D eigenvalue weighted by Crippen LogP contribution is -2.17. The maximum absolute atomic E-state index is 12.2. The van der Waals surface area contributed by atoms with Crippen LogP contribution in [0.15, 0.2) is 29.0 Å². The average molecular weight is 257 g/mol. The highest BCUT2D eigenvalue weighted by Crippen LogP contribution is 2.28. The number of fused-ring (bicyclic) bond motifs is 1. The monoisotopic (exact) mass is 257 g/mol. The van der Waals surface area contributed by atoms with Crippen LogP contribution in [0.2, 0.25) is 0 Å². The van der Waals surface area contributed by atoms with Gasteiger partial charge in [0.15, 0.2) is 5.69 Å². The third-order valence-electron chi connectivity index (χ3n) is 3.42. The molecular weight excluding hydrogens is 242 g/mol. The van der Waals surface area contributed by atoms with Crippen molar-refractivity contribution in [3.8, 4) is 0 Å². The molecule has 0 aromatic carbocycles. The quantitative estimate of drug-likeness (QED) is 0.897. The highest BCUT2D eigenvalue weighted by atomic mass is 16.5. The highest BCUT2D eigenvalue weighted by molar-refractivity contribution is 6.03. The summed E-state index contributed by atoms with van der Waals surface area (Å²) in [5.74, 6) is 1.19. The van der Waals surface area contributed by atoms with Gasteiger partial charge in [0.05, 0.1) is 11.9 Å². The fourth-order valence-corrected chi connectivity index (χ4v) is 2.38. The number of carbonyl (C=O) groups is 1. The Hall–Kier alpha value is -2.17. The minimum Gasteiger partial charge on any atom is -0.360 e. The maximum Gasteiger partial charge on any atom is 0.278 e. The van der Waals surface area contributed by atoms with Crippen LogP contribution in [0, 0.1) is 5.92 Å². The zero-order valence-electron chi connectivity index (χ0n) is 10.7. The first kappa shape index (κ1) is 11.9. The Morgan fingerprint density at radius 1 is 1.53 bits per heavy atom. The van der Waals surface area contributed by atoms with Gasteiger partial charge in [-0.25, -0.2) is 0 Å². The molecule has 0 saturated heterocycles. The number of carbonyl (C=O) groups excluding carboxylic acids is 1. The summed E-state index contributed by atoms with van der Waals surface area (Å²) in [7, 11) is 0. The number of hydrogen-bond donors (Lipinski definition) is 1. The molecule has 3 rings (SSSR count). The van der Waals surface area contributed by atoms with Crippen molar-refractivity contribution in [2.45, 2.75) is 26.2 Å². The van der Waals surface area contributed by atoms with Crippen LogP contribution >= 0.6 is 0 Å². The van der Waals surface area contributed by atoms with Crippen molar-refractivity contribution in [3.05, 3.63) is 41.5 Å². The van der Waals surface area contributed by atoms with Gasteiger partial charge < -0.3 is 9.84 Å². The van der Waals surface area contributed by atoms with Gasteiger partial charge in [0.1, 0.15) is 5.76 Å². The molecule has 1 aliphatic carbocycles. The zero-order chi connectivity index (χ0) is 13.2. The van der Waals surface area contributed by atoms with Crippen molar-refractivity contribution in [1.82, 2.24) is 10.1 Å². The normalized spacial score (nSPS) is 17.8. The first-order chi connectivity index (χ1) is 9.24. The van der Waals surface area contributed by atoms with Gasteiger partial charge in [0.2, 0.25) is 0 Å². The minimum atomic E-state index is -0.230. The van der Waals surface area contributed by atoms with Crippen molar-refractivity contribution in [2.24, 2.45) is 5.92 Å². The van der Waals surface area contributed by atoms with Gasteiger partial charge in [-0.1, -0.05) is 12.1 Å². The highest BCUT2D eigenvalue weighted by Gasteiger charge is 2.26. The second-order valence-corrected chi connectivity index (χ2v) is 4.98. The molecule has 1 atom stereocenters. The number of nitrogens with zero attached hydrogens (tertiary/aromatic N) is 2. The molecule has 2 heterocycles. The summed E-state index contributed by atoms with van der Waals surface area (Å²) in [5, 5.41) is 6.71. The van der Waals surface area contributed by atoms with Crippen molar-refractivity contribution >= 4 is 11.6 Å². The van der Waals surface area contributed by atoms with Crippen LogP contribution in [0.5, 0.6) is 0 Å². The summed E-state index contributed by atoms with van der Waals surface area (Å²) in [6, 6.07) is 3.57. The standard InChI is InChI=1S/C14H15N3O2/c1-9-4-5-12-11(7-9)13(17-19-12)14(18)16-10-3-2-6-15-8-10/h2-3,6,8-9H,4-5,7H2,1H3,(H,16,18). The molecule has 5 nitrogen and oxygen atoms in total. The van der Waals surface area contributed by atoms with E-state index in [1.807, 2.05) is 0 Å². The largest absolute Gasteiger partial charge is 0.360 e. The molecule has 0 radical (unpaired) electrons. The first-order valence-electron chi connectivity index (χ1n) is 6.43. The topological polar surface area (TPSA) is 68.0 Å². The van der Waals surface area contributed by atoms with Gasteiger partial charge in [0.25, 0.3) is 5.91 Å². The number of anilines is 1. The van der Waals surface area contributed by atoms with Crippen molar-refractivity contribution < 1.29 is 9.32 Å². The van der Waals surface area contributed by atoms with Gasteiger partial charge in [-0.3, -0.25) is 9.78 Å². The lowest BCUT2D eigenvalue weighted by Gasteiger charge is -2.16. The number of nitrogens with one attached hydrogen (secondary N) is 1. The van der Waals surface area contributed by atoms with Gasteiger partial charge in [-0.05, 0) is 30.9 Å². The number of aryl methyl sites for hydroxylation is 1. The van der Waals surface area contributed by atoms with Gasteiger partial charge in [-0.2, -0.15) is 0 Å². The van der Waals surface area contributed by atoms with E-state index < -0.39 is 0 Å². The van der Waals surface area contributed by atoms with Crippen LogP contribution in [0.1, 0.15) is 35.2 Å². The van der Waals surface area contributed by atoms with Crippen LogP contribution in [-0.2, 0) is 12.8 Å². The van der Waals surface area contributed by atoms with E-state index in [0.717, 1.165) is 30.6 Å². The second-order valence-electron chi connectivity index (χ2n) is 4.98. The van der Waals surface area contributed by atoms with E-state index in [-0.39, 0.29) is 5.91 Å². The van der Waals surface area contributed by atoms with Gasteiger partial charge >= 0.3 is 0 Å². The van der Waals surface area contributed by atoms with E-state index in [1.165, 1.54) is 0 Å². The molecule has 0 spiro atoms. The Morgan fingerprint density at radius 3 is 3.21 bits per heavy atom. The molecule has 5 heteroatoms. The SMILES string of the molecule is CC1CCc2onc(C(=O)Nc3cccnc3)c2C1. The molecule has 0 saturated carbocycles. The van der Waals surface area contributed by atoms with E-state index in [1.54, 1.807) is 24.5 Å². The Bertz CT molecular complexity index is 592. The molecule has 1 amide bonds. The van der Waals surface area contributed by atoms with E-state index in [4.69, 9.17) is 4.52 Å². The van der Waals surface area contributed by atoms with Gasteiger partial charge in [0, 0.05) is 18.2 Å². The van der Waals surface area contributed by atoms with Crippen molar-refractivity contribution in [3.63, 3.8) is 0 Å². The van der Waals surface area contributed by atoms with E-state index in [2.05, 4.69) is 22.4 Å². The van der Waals surface area contributed by atoms with E-state index in [9.17, 15) is 4.79 Å². The molecule has 19 heavy (non-hydrogen) atoms. The van der Waals surface area contributed by atoms with Crippen LogP contribution in [0.3, 0.4) is 0 Å². The number of amides is 1. The summed E-state index contributed by atoms with van der Waals surface area (Å²) in [5.41, 5.74) is 2.03. The lowest BCUT2D eigenvalue weighted by molar-refractivity contribution is 0.101. The van der Waals surface area contributed by atoms with Crippen LogP contribution in [0.4, 0.5) is 5.69 Å². The van der Waals surface area contributed by atoms with Crippen LogP contribution in [0.25, 0.3) is 0 Å². The van der Waals surface area contributed by atoms with E-state index >= 15 is 0 Å². The molecule has 98 valence electrons.